The normalized spacial score (nSPS) is 17.4. The second-order valence-corrected chi connectivity index (χ2v) is 6.25. The number of ether oxygens (including phenoxy) is 1. The Bertz CT molecular complexity index is 684. The van der Waals surface area contributed by atoms with Crippen molar-refractivity contribution in [1.82, 2.24) is 10.3 Å². The molecule has 3 rings (SSSR count). The largest absolute Gasteiger partial charge is 0.366 e. The minimum atomic E-state index is -0.442. The number of halogens is 1. The number of carbonyl (C=O) groups excluding carboxylic acids is 1. The molecule has 1 saturated heterocycles. The number of morpholine rings is 1. The second-order valence-electron chi connectivity index (χ2n) is 5.39. The van der Waals surface area contributed by atoms with E-state index in [0.717, 1.165) is 17.8 Å². The molecule has 23 heavy (non-hydrogen) atoms. The van der Waals surface area contributed by atoms with E-state index >= 15 is 0 Å². The number of nitrogens with zero attached hydrogens (tertiary/aromatic N) is 1. The fraction of sp³-hybridized carbons (Fsp3) is 0.375. The van der Waals surface area contributed by atoms with Gasteiger partial charge in [-0.05, 0) is 31.0 Å². The van der Waals surface area contributed by atoms with Crippen LogP contribution in [0.25, 0.3) is 11.3 Å². The van der Waals surface area contributed by atoms with E-state index in [1.807, 2.05) is 5.38 Å². The molecule has 0 aliphatic carbocycles. The van der Waals surface area contributed by atoms with Gasteiger partial charge in [-0.15, -0.1) is 23.7 Å². The molecule has 1 aliphatic rings. The molecule has 1 aromatic heterocycles. The summed E-state index contributed by atoms with van der Waals surface area (Å²) in [5, 5.41) is 8.53. The molecule has 2 N–H and O–H groups in total. The standard InChI is InChI=1S/C16H19N3O2S.ClH/c1-10-3-4-12(7-11(10)2)13-9-22-16(18-13)19-15(20)14-8-17-5-6-21-14;/h3-4,7,9,14,17H,5-6,8H2,1-2H3,(H,18,19,20);1H. The Balaban J connectivity index is 0.00000192. The summed E-state index contributed by atoms with van der Waals surface area (Å²) in [6, 6.07) is 6.26. The van der Waals surface area contributed by atoms with Crippen LogP contribution in [0.2, 0.25) is 0 Å². The zero-order chi connectivity index (χ0) is 15.5. The van der Waals surface area contributed by atoms with Gasteiger partial charge in [-0.2, -0.15) is 0 Å². The van der Waals surface area contributed by atoms with Gasteiger partial charge in [0, 0.05) is 24.0 Å². The summed E-state index contributed by atoms with van der Waals surface area (Å²) >= 11 is 1.43. The topological polar surface area (TPSA) is 63.2 Å². The van der Waals surface area contributed by atoms with Crippen LogP contribution in [-0.2, 0) is 9.53 Å². The van der Waals surface area contributed by atoms with Crippen molar-refractivity contribution in [1.29, 1.82) is 0 Å². The predicted octanol–water partition coefficient (Wildman–Crippen LogP) is 2.78. The van der Waals surface area contributed by atoms with Crippen molar-refractivity contribution < 1.29 is 9.53 Å². The maximum Gasteiger partial charge on any atom is 0.256 e. The van der Waals surface area contributed by atoms with Gasteiger partial charge in [0.25, 0.3) is 5.91 Å². The summed E-state index contributed by atoms with van der Waals surface area (Å²) in [5.74, 6) is -0.145. The van der Waals surface area contributed by atoms with Gasteiger partial charge in [-0.25, -0.2) is 4.98 Å². The van der Waals surface area contributed by atoms with Crippen LogP contribution in [0.15, 0.2) is 23.6 Å². The molecule has 1 amide bonds. The van der Waals surface area contributed by atoms with E-state index in [9.17, 15) is 4.79 Å². The number of hydrogen-bond donors (Lipinski definition) is 2. The Morgan fingerprint density at radius 3 is 2.91 bits per heavy atom. The van der Waals surface area contributed by atoms with Gasteiger partial charge in [-0.1, -0.05) is 12.1 Å². The number of nitrogens with one attached hydrogen (secondary N) is 2. The minimum Gasteiger partial charge on any atom is -0.366 e. The van der Waals surface area contributed by atoms with Crippen molar-refractivity contribution >= 4 is 34.8 Å². The monoisotopic (exact) mass is 353 g/mol. The molecule has 0 bridgehead atoms. The first-order valence-electron chi connectivity index (χ1n) is 7.30. The first-order valence-corrected chi connectivity index (χ1v) is 8.18. The van der Waals surface area contributed by atoms with Gasteiger partial charge in [0.15, 0.2) is 5.13 Å². The number of rotatable bonds is 3. The van der Waals surface area contributed by atoms with Crippen LogP contribution in [0.4, 0.5) is 5.13 Å². The highest BCUT2D eigenvalue weighted by atomic mass is 35.5. The summed E-state index contributed by atoms with van der Waals surface area (Å²) in [6.07, 6.45) is -0.442. The van der Waals surface area contributed by atoms with Crippen molar-refractivity contribution in [3.05, 3.63) is 34.7 Å². The molecule has 1 unspecified atom stereocenters. The first kappa shape index (κ1) is 17.9. The van der Waals surface area contributed by atoms with Gasteiger partial charge in [0.05, 0.1) is 12.3 Å². The molecule has 0 spiro atoms. The van der Waals surface area contributed by atoms with E-state index < -0.39 is 6.10 Å². The fourth-order valence-corrected chi connectivity index (χ4v) is 3.01. The van der Waals surface area contributed by atoms with Crippen LogP contribution in [0.3, 0.4) is 0 Å². The minimum absolute atomic E-state index is 0. The van der Waals surface area contributed by atoms with E-state index in [2.05, 4.69) is 47.7 Å². The Morgan fingerprint density at radius 2 is 2.22 bits per heavy atom. The van der Waals surface area contributed by atoms with Gasteiger partial charge >= 0.3 is 0 Å². The summed E-state index contributed by atoms with van der Waals surface area (Å²) in [7, 11) is 0. The van der Waals surface area contributed by atoms with Crippen LogP contribution in [0.5, 0.6) is 0 Å². The van der Waals surface area contributed by atoms with E-state index in [1.165, 1.54) is 22.5 Å². The van der Waals surface area contributed by atoms with Crippen LogP contribution < -0.4 is 10.6 Å². The van der Waals surface area contributed by atoms with Crippen molar-refractivity contribution in [2.45, 2.75) is 20.0 Å². The number of amides is 1. The maximum atomic E-state index is 12.1. The average molecular weight is 354 g/mol. The number of carbonyl (C=O) groups is 1. The van der Waals surface area contributed by atoms with Crippen molar-refractivity contribution in [3.8, 4) is 11.3 Å². The van der Waals surface area contributed by atoms with Gasteiger partial charge in [0.2, 0.25) is 0 Å². The summed E-state index contributed by atoms with van der Waals surface area (Å²) in [5.41, 5.74) is 4.44. The van der Waals surface area contributed by atoms with Crippen LogP contribution >= 0.6 is 23.7 Å². The summed E-state index contributed by atoms with van der Waals surface area (Å²) < 4.78 is 5.43. The second kappa shape index (κ2) is 7.88. The molecule has 5 nitrogen and oxygen atoms in total. The number of thiazole rings is 1. The molecule has 1 aliphatic heterocycles. The van der Waals surface area contributed by atoms with Crippen molar-refractivity contribution in [2.24, 2.45) is 0 Å². The molecule has 124 valence electrons. The third-order valence-electron chi connectivity index (χ3n) is 3.76. The number of benzene rings is 1. The van der Waals surface area contributed by atoms with Crippen LogP contribution in [-0.4, -0.2) is 36.7 Å². The Kier molecular flexibility index (Phi) is 6.12. The Morgan fingerprint density at radius 1 is 1.39 bits per heavy atom. The van der Waals surface area contributed by atoms with E-state index in [-0.39, 0.29) is 18.3 Å². The number of hydrogen-bond acceptors (Lipinski definition) is 5. The van der Waals surface area contributed by atoms with E-state index in [0.29, 0.717) is 18.3 Å². The molecule has 1 aromatic carbocycles. The zero-order valence-electron chi connectivity index (χ0n) is 13.1. The highest BCUT2D eigenvalue weighted by Gasteiger charge is 2.22. The van der Waals surface area contributed by atoms with Gasteiger partial charge in [-0.3, -0.25) is 10.1 Å². The number of aromatic nitrogens is 1. The van der Waals surface area contributed by atoms with Crippen LogP contribution in [0, 0.1) is 13.8 Å². The first-order chi connectivity index (χ1) is 10.6. The number of aryl methyl sites for hydroxylation is 2. The average Bonchev–Trinajstić information content (AvgIpc) is 2.99. The lowest BCUT2D eigenvalue weighted by Gasteiger charge is -2.22. The molecular formula is C16H20ClN3O2S. The highest BCUT2D eigenvalue weighted by molar-refractivity contribution is 7.14. The van der Waals surface area contributed by atoms with Gasteiger partial charge in [0.1, 0.15) is 6.10 Å². The molecule has 2 aromatic rings. The quantitative estimate of drug-likeness (QED) is 0.890. The predicted molar refractivity (Wildman–Crippen MR) is 95.5 cm³/mol. The van der Waals surface area contributed by atoms with Crippen LogP contribution in [0.1, 0.15) is 11.1 Å². The molecule has 2 heterocycles. The Hall–Kier alpha value is -1.47. The molecule has 0 radical (unpaired) electrons. The smallest absolute Gasteiger partial charge is 0.256 e. The highest BCUT2D eigenvalue weighted by Crippen LogP contribution is 2.26. The lowest BCUT2D eigenvalue weighted by molar-refractivity contribution is -0.128. The molecule has 7 heteroatoms. The third kappa shape index (κ3) is 4.29. The Labute approximate surface area is 145 Å². The number of anilines is 1. The SMILES string of the molecule is Cc1ccc(-c2csc(NC(=O)C3CNCCO3)n2)cc1C.Cl. The lowest BCUT2D eigenvalue weighted by Crippen LogP contribution is -2.45. The van der Waals surface area contributed by atoms with E-state index in [1.54, 1.807) is 0 Å². The van der Waals surface area contributed by atoms with E-state index in [4.69, 9.17) is 4.74 Å². The van der Waals surface area contributed by atoms with Gasteiger partial charge < -0.3 is 10.1 Å². The molecule has 0 saturated carbocycles. The molecule has 1 atom stereocenters. The summed E-state index contributed by atoms with van der Waals surface area (Å²) in [4.78, 5) is 16.6. The maximum absolute atomic E-state index is 12.1. The molecular weight excluding hydrogens is 334 g/mol. The van der Waals surface area contributed by atoms with Crippen molar-refractivity contribution in [3.63, 3.8) is 0 Å². The lowest BCUT2D eigenvalue weighted by atomic mass is 10.1. The fourth-order valence-electron chi connectivity index (χ4n) is 2.28. The zero-order valence-corrected chi connectivity index (χ0v) is 14.7. The van der Waals surface area contributed by atoms with Crippen molar-refractivity contribution in [2.75, 3.05) is 25.0 Å². The third-order valence-corrected chi connectivity index (χ3v) is 4.51. The summed E-state index contributed by atoms with van der Waals surface area (Å²) in [6.45, 7) is 6.06. The molecule has 1 fully saturated rings.